The first-order valence-corrected chi connectivity index (χ1v) is 10.2. The zero-order valence-electron chi connectivity index (χ0n) is 16.9. The van der Waals surface area contributed by atoms with Crippen molar-refractivity contribution >= 4 is 28.6 Å². The molecule has 2 aromatic carbocycles. The van der Waals surface area contributed by atoms with Crippen LogP contribution >= 0.6 is 0 Å². The normalized spacial score (nSPS) is 19.9. The Labute approximate surface area is 171 Å². The van der Waals surface area contributed by atoms with E-state index < -0.39 is 12.1 Å². The van der Waals surface area contributed by atoms with E-state index in [0.29, 0.717) is 11.5 Å². The average Bonchev–Trinajstić information content (AvgIpc) is 2.73. The van der Waals surface area contributed by atoms with Crippen molar-refractivity contribution in [1.29, 1.82) is 0 Å². The van der Waals surface area contributed by atoms with Crippen LogP contribution in [0.1, 0.15) is 49.9 Å². The van der Waals surface area contributed by atoms with Crippen LogP contribution in [0.2, 0.25) is 0 Å². The van der Waals surface area contributed by atoms with E-state index in [4.69, 9.17) is 4.74 Å². The van der Waals surface area contributed by atoms with Crippen LogP contribution in [0.25, 0.3) is 10.8 Å². The highest BCUT2D eigenvalue weighted by atomic mass is 16.5. The van der Waals surface area contributed by atoms with E-state index in [1.807, 2.05) is 30.3 Å². The number of hydrogen-bond donors (Lipinski definition) is 2. The molecular weight excluding hydrogens is 368 g/mol. The molecule has 1 saturated carbocycles. The van der Waals surface area contributed by atoms with Crippen molar-refractivity contribution in [2.24, 2.45) is 5.92 Å². The molecule has 0 radical (unpaired) electrons. The zero-order chi connectivity index (χ0) is 20.8. The molecule has 2 amide bonds. The molecule has 1 aliphatic rings. The van der Waals surface area contributed by atoms with Crippen LogP contribution in [-0.4, -0.2) is 36.5 Å². The molecule has 2 aromatic rings. The molecule has 0 saturated heterocycles. The number of esters is 1. The predicted octanol–water partition coefficient (Wildman–Crippen LogP) is 3.20. The molecule has 0 heterocycles. The Balaban J connectivity index is 1.46. The maximum absolute atomic E-state index is 12.3. The third-order valence-electron chi connectivity index (χ3n) is 5.52. The Hall–Kier alpha value is -2.89. The highest BCUT2D eigenvalue weighted by molar-refractivity contribution is 5.99. The summed E-state index contributed by atoms with van der Waals surface area (Å²) in [5, 5.41) is 7.52. The maximum Gasteiger partial charge on any atom is 0.326 e. The number of nitrogens with one attached hydrogen (secondary N) is 2. The average molecular weight is 396 g/mol. The summed E-state index contributed by atoms with van der Waals surface area (Å²) in [4.78, 5) is 36.7. The third-order valence-corrected chi connectivity index (χ3v) is 5.52. The molecule has 6 heteroatoms. The van der Waals surface area contributed by atoms with Gasteiger partial charge < -0.3 is 15.4 Å². The van der Waals surface area contributed by atoms with Gasteiger partial charge in [0.2, 0.25) is 0 Å². The summed E-state index contributed by atoms with van der Waals surface area (Å²) in [6.45, 7) is 3.39. The number of fused-ring (bicyclic) bond motifs is 1. The smallest absolute Gasteiger partial charge is 0.326 e. The Morgan fingerprint density at radius 2 is 1.79 bits per heavy atom. The molecule has 1 fully saturated rings. The summed E-state index contributed by atoms with van der Waals surface area (Å²) < 4.78 is 5.18. The SMILES string of the molecule is C[C@H](OC(=O)CNC(=O)c1ccc2ccccc2c1)C(=O)N[C@H]1CCCC[C@@H]1C. The monoisotopic (exact) mass is 396 g/mol. The van der Waals surface area contributed by atoms with Gasteiger partial charge in [-0.2, -0.15) is 0 Å². The Bertz CT molecular complexity index is 895. The second-order valence-electron chi connectivity index (χ2n) is 7.75. The van der Waals surface area contributed by atoms with Crippen LogP contribution in [0.3, 0.4) is 0 Å². The summed E-state index contributed by atoms with van der Waals surface area (Å²) in [5.41, 5.74) is 0.466. The van der Waals surface area contributed by atoms with E-state index in [1.54, 1.807) is 19.1 Å². The van der Waals surface area contributed by atoms with Crippen LogP contribution in [0, 0.1) is 5.92 Å². The molecule has 2 N–H and O–H groups in total. The van der Waals surface area contributed by atoms with Gasteiger partial charge in [-0.25, -0.2) is 0 Å². The number of hydrogen-bond acceptors (Lipinski definition) is 4. The lowest BCUT2D eigenvalue weighted by atomic mass is 9.86. The number of benzene rings is 2. The lowest BCUT2D eigenvalue weighted by molar-refractivity contribution is -0.154. The van der Waals surface area contributed by atoms with E-state index in [1.165, 1.54) is 6.42 Å². The fraction of sp³-hybridized carbons (Fsp3) is 0.435. The van der Waals surface area contributed by atoms with Crippen molar-refractivity contribution in [2.75, 3.05) is 6.54 Å². The van der Waals surface area contributed by atoms with Crippen molar-refractivity contribution in [1.82, 2.24) is 10.6 Å². The molecule has 0 bridgehead atoms. The van der Waals surface area contributed by atoms with Gasteiger partial charge in [-0.05, 0) is 48.6 Å². The van der Waals surface area contributed by atoms with Gasteiger partial charge >= 0.3 is 5.97 Å². The standard InChI is InChI=1S/C23H28N2O4/c1-15-7-3-6-10-20(15)25-22(27)16(2)29-21(26)14-24-23(28)19-12-11-17-8-4-5-9-18(17)13-19/h4-5,8-9,11-13,15-16,20H,3,6-7,10,14H2,1-2H3,(H,24,28)(H,25,27)/t15-,16-,20-/m0/s1. The molecule has 0 aromatic heterocycles. The predicted molar refractivity (Wildman–Crippen MR) is 111 cm³/mol. The van der Waals surface area contributed by atoms with E-state index in [9.17, 15) is 14.4 Å². The van der Waals surface area contributed by atoms with Gasteiger partial charge in [0.05, 0.1) is 0 Å². The van der Waals surface area contributed by atoms with Gasteiger partial charge in [0.25, 0.3) is 11.8 Å². The molecule has 3 atom stereocenters. The molecule has 3 rings (SSSR count). The van der Waals surface area contributed by atoms with Gasteiger partial charge in [0, 0.05) is 11.6 Å². The number of carbonyl (C=O) groups excluding carboxylic acids is 3. The quantitative estimate of drug-likeness (QED) is 0.735. The molecule has 6 nitrogen and oxygen atoms in total. The lowest BCUT2D eigenvalue weighted by Gasteiger charge is -2.30. The van der Waals surface area contributed by atoms with Crippen LogP contribution in [0.4, 0.5) is 0 Å². The summed E-state index contributed by atoms with van der Waals surface area (Å²) >= 11 is 0. The molecule has 0 aliphatic heterocycles. The minimum absolute atomic E-state index is 0.130. The van der Waals surface area contributed by atoms with E-state index in [0.717, 1.165) is 30.0 Å². The Morgan fingerprint density at radius 3 is 2.55 bits per heavy atom. The number of rotatable bonds is 6. The largest absolute Gasteiger partial charge is 0.451 e. The number of carbonyl (C=O) groups is 3. The summed E-state index contributed by atoms with van der Waals surface area (Å²) in [6.07, 6.45) is 3.45. The minimum Gasteiger partial charge on any atom is -0.451 e. The first kappa shape index (κ1) is 20.8. The summed E-state index contributed by atoms with van der Waals surface area (Å²) in [6, 6.07) is 13.2. The molecule has 0 unspecified atom stereocenters. The first-order valence-electron chi connectivity index (χ1n) is 10.2. The van der Waals surface area contributed by atoms with E-state index in [2.05, 4.69) is 17.6 Å². The van der Waals surface area contributed by atoms with Crippen molar-refractivity contribution in [3.05, 3.63) is 48.0 Å². The van der Waals surface area contributed by atoms with Gasteiger partial charge in [0.1, 0.15) is 6.54 Å². The molecule has 154 valence electrons. The van der Waals surface area contributed by atoms with Gasteiger partial charge in [0.15, 0.2) is 6.10 Å². The van der Waals surface area contributed by atoms with Crippen LogP contribution in [0.15, 0.2) is 42.5 Å². The fourth-order valence-electron chi connectivity index (χ4n) is 3.71. The zero-order valence-corrected chi connectivity index (χ0v) is 16.9. The lowest BCUT2D eigenvalue weighted by Crippen LogP contribution is -2.46. The molecule has 0 spiro atoms. The van der Waals surface area contributed by atoms with Crippen LogP contribution in [-0.2, 0) is 14.3 Å². The van der Waals surface area contributed by atoms with Crippen molar-refractivity contribution in [2.45, 2.75) is 51.7 Å². The van der Waals surface area contributed by atoms with Gasteiger partial charge in [-0.1, -0.05) is 50.1 Å². The molecular formula is C23H28N2O4. The Kier molecular flexibility index (Phi) is 6.86. The van der Waals surface area contributed by atoms with E-state index >= 15 is 0 Å². The first-order chi connectivity index (χ1) is 13.9. The third kappa shape index (κ3) is 5.56. The van der Waals surface area contributed by atoms with Gasteiger partial charge in [-0.3, -0.25) is 14.4 Å². The molecule has 29 heavy (non-hydrogen) atoms. The van der Waals surface area contributed by atoms with Crippen molar-refractivity contribution in [3.8, 4) is 0 Å². The highest BCUT2D eigenvalue weighted by Crippen LogP contribution is 2.23. The minimum atomic E-state index is -0.894. The van der Waals surface area contributed by atoms with Crippen molar-refractivity contribution < 1.29 is 19.1 Å². The maximum atomic E-state index is 12.3. The van der Waals surface area contributed by atoms with Crippen molar-refractivity contribution in [3.63, 3.8) is 0 Å². The summed E-state index contributed by atoms with van der Waals surface area (Å²) in [7, 11) is 0. The fourth-order valence-corrected chi connectivity index (χ4v) is 3.71. The number of ether oxygens (including phenoxy) is 1. The van der Waals surface area contributed by atoms with Crippen LogP contribution in [0.5, 0.6) is 0 Å². The van der Waals surface area contributed by atoms with E-state index in [-0.39, 0.29) is 24.4 Å². The van der Waals surface area contributed by atoms with Gasteiger partial charge in [-0.15, -0.1) is 0 Å². The number of amides is 2. The highest BCUT2D eigenvalue weighted by Gasteiger charge is 2.26. The van der Waals surface area contributed by atoms with Crippen LogP contribution < -0.4 is 10.6 Å². The Morgan fingerprint density at radius 1 is 1.07 bits per heavy atom. The topological polar surface area (TPSA) is 84.5 Å². The molecule has 1 aliphatic carbocycles. The second kappa shape index (κ2) is 9.54. The summed E-state index contributed by atoms with van der Waals surface area (Å²) in [5.74, 6) is -0.867. The second-order valence-corrected chi connectivity index (χ2v) is 7.75.